The molecule has 1 unspecified atom stereocenters. The molecule has 0 amide bonds. The van der Waals surface area contributed by atoms with E-state index in [2.05, 4.69) is 46.0 Å². The number of nitrogens with one attached hydrogen (secondary N) is 1. The van der Waals surface area contributed by atoms with Crippen molar-refractivity contribution in [2.45, 2.75) is 23.6 Å². The zero-order valence-corrected chi connectivity index (χ0v) is 23.2. The monoisotopic (exact) mass is 554 g/mol. The molecule has 1 saturated heterocycles. The number of thiophene rings is 1. The highest BCUT2D eigenvalue weighted by Crippen LogP contribution is 2.31. The molecule has 1 fully saturated rings. The van der Waals surface area contributed by atoms with Crippen molar-refractivity contribution in [3.05, 3.63) is 102 Å². The van der Waals surface area contributed by atoms with Crippen LogP contribution < -0.4 is 4.72 Å². The van der Waals surface area contributed by atoms with Crippen molar-refractivity contribution in [3.8, 4) is 22.5 Å². The van der Waals surface area contributed by atoms with E-state index >= 15 is 0 Å². The van der Waals surface area contributed by atoms with Crippen molar-refractivity contribution in [1.29, 1.82) is 0 Å². The maximum Gasteiger partial charge on any atom is 0.250 e. The minimum atomic E-state index is -3.42. The minimum absolute atomic E-state index is 0.300. The summed E-state index contributed by atoms with van der Waals surface area (Å²) in [5.74, 6) is 0.300. The smallest absolute Gasteiger partial charge is 0.250 e. The first-order valence-electron chi connectivity index (χ1n) is 13.2. The molecule has 1 N–H and O–H groups in total. The van der Waals surface area contributed by atoms with E-state index in [1.165, 1.54) is 16.9 Å². The molecule has 1 aliphatic heterocycles. The summed E-state index contributed by atoms with van der Waals surface area (Å²) >= 11 is 1.25. The summed E-state index contributed by atoms with van der Waals surface area (Å²) in [7, 11) is -3.42. The van der Waals surface area contributed by atoms with E-state index in [0.29, 0.717) is 16.7 Å². The summed E-state index contributed by atoms with van der Waals surface area (Å²) in [4.78, 5) is 12.4. The number of sulfonamides is 1. The van der Waals surface area contributed by atoms with Gasteiger partial charge >= 0.3 is 0 Å². The molecule has 3 heterocycles. The number of piperidine rings is 1. The van der Waals surface area contributed by atoms with Crippen LogP contribution in [0.5, 0.6) is 0 Å². The Kier molecular flexibility index (Phi) is 7.52. The lowest BCUT2D eigenvalue weighted by Crippen LogP contribution is -2.40. The lowest BCUT2D eigenvalue weighted by Gasteiger charge is -2.32. The first-order valence-corrected chi connectivity index (χ1v) is 15.6. The summed E-state index contributed by atoms with van der Waals surface area (Å²) < 4.78 is 28.2. The lowest BCUT2D eigenvalue weighted by molar-refractivity contribution is 0.169. The van der Waals surface area contributed by atoms with E-state index in [9.17, 15) is 8.42 Å². The van der Waals surface area contributed by atoms with Gasteiger partial charge in [0.2, 0.25) is 10.0 Å². The Balaban J connectivity index is 1.16. The zero-order chi connectivity index (χ0) is 26.7. The molecule has 6 rings (SSSR count). The highest BCUT2D eigenvalue weighted by atomic mass is 32.2. The Morgan fingerprint density at radius 1 is 0.821 bits per heavy atom. The number of benzene rings is 3. The van der Waals surface area contributed by atoms with Crippen molar-refractivity contribution < 1.29 is 8.42 Å². The van der Waals surface area contributed by atoms with Crippen molar-refractivity contribution >= 4 is 32.4 Å². The average molecular weight is 555 g/mol. The van der Waals surface area contributed by atoms with Crippen LogP contribution in [0.2, 0.25) is 0 Å². The molecule has 8 heteroatoms. The number of para-hydroxylation sites is 2. The third kappa shape index (κ3) is 5.94. The summed E-state index contributed by atoms with van der Waals surface area (Å²) in [6, 6.07) is 30.2. The molecule has 1 aliphatic rings. The van der Waals surface area contributed by atoms with Gasteiger partial charge in [-0.2, -0.15) is 0 Å². The van der Waals surface area contributed by atoms with Gasteiger partial charge in [0.15, 0.2) is 0 Å². The number of nitrogens with zero attached hydrogens (tertiary/aromatic N) is 3. The van der Waals surface area contributed by atoms with Gasteiger partial charge in [0, 0.05) is 30.8 Å². The largest absolute Gasteiger partial charge is 0.299 e. The van der Waals surface area contributed by atoms with Crippen LogP contribution in [0, 0.1) is 5.92 Å². The maximum atomic E-state index is 12.5. The molecule has 0 bridgehead atoms. The molecule has 198 valence electrons. The van der Waals surface area contributed by atoms with Gasteiger partial charge in [-0.15, -0.1) is 11.3 Å². The van der Waals surface area contributed by atoms with Gasteiger partial charge in [0.1, 0.15) is 4.21 Å². The van der Waals surface area contributed by atoms with E-state index in [4.69, 9.17) is 9.97 Å². The SMILES string of the molecule is O=S(=O)(NCC1CCCN(Cc2ccc(-c3nc4ccccc4nc3-c3ccccc3)cc2)C1)c1cccs1. The maximum absolute atomic E-state index is 12.5. The zero-order valence-electron chi connectivity index (χ0n) is 21.5. The highest BCUT2D eigenvalue weighted by Gasteiger charge is 2.23. The van der Waals surface area contributed by atoms with Crippen molar-refractivity contribution in [1.82, 2.24) is 19.6 Å². The fraction of sp³-hybridized carbons (Fsp3) is 0.226. The van der Waals surface area contributed by atoms with Crippen LogP contribution in [0.4, 0.5) is 0 Å². The number of likely N-dealkylation sites (tertiary alicyclic amines) is 1. The molecule has 0 saturated carbocycles. The predicted octanol–water partition coefficient (Wildman–Crippen LogP) is 6.22. The molecule has 2 aromatic heterocycles. The molecule has 3 aromatic carbocycles. The van der Waals surface area contributed by atoms with Gasteiger partial charge in [-0.1, -0.05) is 72.8 Å². The summed E-state index contributed by atoms with van der Waals surface area (Å²) in [5.41, 5.74) is 6.83. The first kappa shape index (κ1) is 25.8. The second-order valence-electron chi connectivity index (χ2n) is 10.00. The van der Waals surface area contributed by atoms with Crippen LogP contribution >= 0.6 is 11.3 Å². The Hall–Kier alpha value is -3.43. The van der Waals surface area contributed by atoms with E-state index in [1.807, 2.05) is 42.5 Å². The Morgan fingerprint density at radius 2 is 1.49 bits per heavy atom. The molecular formula is C31H30N4O2S2. The fourth-order valence-corrected chi connectivity index (χ4v) is 7.36. The van der Waals surface area contributed by atoms with E-state index < -0.39 is 10.0 Å². The van der Waals surface area contributed by atoms with E-state index in [1.54, 1.807) is 17.5 Å². The third-order valence-electron chi connectivity index (χ3n) is 7.18. The minimum Gasteiger partial charge on any atom is -0.299 e. The Morgan fingerprint density at radius 3 is 2.15 bits per heavy atom. The van der Waals surface area contributed by atoms with E-state index in [0.717, 1.165) is 66.0 Å². The Bertz CT molecular complexity index is 1650. The van der Waals surface area contributed by atoms with Crippen LogP contribution in [0.3, 0.4) is 0 Å². The van der Waals surface area contributed by atoms with Crippen molar-refractivity contribution in [2.75, 3.05) is 19.6 Å². The molecule has 6 nitrogen and oxygen atoms in total. The van der Waals surface area contributed by atoms with Crippen LogP contribution in [-0.2, 0) is 16.6 Å². The second kappa shape index (κ2) is 11.4. The number of aromatic nitrogens is 2. The third-order valence-corrected chi connectivity index (χ3v) is 10.00. The van der Waals surface area contributed by atoms with Gasteiger partial charge in [-0.25, -0.2) is 23.1 Å². The molecule has 1 atom stereocenters. The molecular weight excluding hydrogens is 525 g/mol. The summed E-state index contributed by atoms with van der Waals surface area (Å²) in [6.07, 6.45) is 2.10. The molecule has 0 spiro atoms. The Labute approximate surface area is 233 Å². The lowest BCUT2D eigenvalue weighted by atomic mass is 9.97. The van der Waals surface area contributed by atoms with Gasteiger partial charge in [-0.3, -0.25) is 4.90 Å². The number of rotatable bonds is 8. The topological polar surface area (TPSA) is 75.2 Å². The normalized spacial score (nSPS) is 16.5. The van der Waals surface area contributed by atoms with Crippen LogP contribution in [0.25, 0.3) is 33.5 Å². The van der Waals surface area contributed by atoms with Crippen LogP contribution in [-0.4, -0.2) is 42.9 Å². The number of fused-ring (bicyclic) bond motifs is 1. The standard InChI is InChI=1S/C31H30N4O2S2/c36-39(37,29-13-7-19-38-29)32-20-24-8-6-18-35(22-24)21-23-14-16-26(17-15-23)31-30(25-9-2-1-3-10-25)33-27-11-4-5-12-28(27)34-31/h1-5,7,9-17,19,24,32H,6,8,18,20-22H2. The quantitative estimate of drug-likeness (QED) is 0.247. The van der Waals surface area contributed by atoms with Gasteiger partial charge in [-0.05, 0) is 54.4 Å². The number of hydrogen-bond acceptors (Lipinski definition) is 6. The van der Waals surface area contributed by atoms with Gasteiger partial charge < -0.3 is 0 Å². The predicted molar refractivity (Wildman–Crippen MR) is 158 cm³/mol. The van der Waals surface area contributed by atoms with Gasteiger partial charge in [0.05, 0.1) is 22.4 Å². The van der Waals surface area contributed by atoms with Crippen molar-refractivity contribution in [3.63, 3.8) is 0 Å². The fourth-order valence-electron chi connectivity index (χ4n) is 5.20. The highest BCUT2D eigenvalue weighted by molar-refractivity contribution is 7.91. The average Bonchev–Trinajstić information content (AvgIpc) is 3.53. The first-order chi connectivity index (χ1) is 19.0. The summed E-state index contributed by atoms with van der Waals surface area (Å²) in [5, 5.41) is 1.79. The number of hydrogen-bond donors (Lipinski definition) is 1. The van der Waals surface area contributed by atoms with Gasteiger partial charge in [0.25, 0.3) is 0 Å². The molecule has 0 aliphatic carbocycles. The molecule has 39 heavy (non-hydrogen) atoms. The molecule has 5 aromatic rings. The van der Waals surface area contributed by atoms with Crippen LogP contribution in [0.1, 0.15) is 18.4 Å². The second-order valence-corrected chi connectivity index (χ2v) is 12.9. The van der Waals surface area contributed by atoms with Crippen molar-refractivity contribution in [2.24, 2.45) is 5.92 Å². The van der Waals surface area contributed by atoms with Crippen LogP contribution in [0.15, 0.2) is 101 Å². The van der Waals surface area contributed by atoms with E-state index in [-0.39, 0.29) is 0 Å². The summed E-state index contributed by atoms with van der Waals surface area (Å²) in [6.45, 7) is 3.20. The molecule has 0 radical (unpaired) electrons.